The molecule has 9 nitrogen and oxygen atoms in total. The number of anilines is 1. The smallest absolute Gasteiger partial charge is 0.340 e. The molecule has 1 aromatic heterocycles. The van der Waals surface area contributed by atoms with Crippen LogP contribution in [0.15, 0.2) is 30.9 Å². The number of hydrogen-bond acceptors (Lipinski definition) is 7. The summed E-state index contributed by atoms with van der Waals surface area (Å²) in [5.74, 6) is -1.79. The van der Waals surface area contributed by atoms with Gasteiger partial charge in [-0.05, 0) is 30.7 Å². The van der Waals surface area contributed by atoms with E-state index in [-0.39, 0.29) is 34.5 Å². The molecule has 10 heteroatoms. The minimum Gasteiger partial charge on any atom is -0.494 e. The van der Waals surface area contributed by atoms with E-state index in [2.05, 4.69) is 21.2 Å². The Labute approximate surface area is 211 Å². The van der Waals surface area contributed by atoms with Crippen molar-refractivity contribution in [2.45, 2.75) is 76.4 Å². The van der Waals surface area contributed by atoms with Gasteiger partial charge in [0.05, 0.1) is 38.0 Å². The molecule has 1 aromatic carbocycles. The van der Waals surface area contributed by atoms with E-state index in [9.17, 15) is 14.0 Å². The summed E-state index contributed by atoms with van der Waals surface area (Å²) in [5.41, 5.74) is 6.32. The highest BCUT2D eigenvalue weighted by molar-refractivity contribution is 6.03. The lowest BCUT2D eigenvalue weighted by Gasteiger charge is -2.48. The minimum absolute atomic E-state index is 0.0316. The maximum atomic E-state index is 14.6. The number of hydrogen-bond donors (Lipinski definition) is 3. The molecule has 1 aliphatic heterocycles. The zero-order valence-electron chi connectivity index (χ0n) is 21.0. The molecule has 2 aliphatic rings. The van der Waals surface area contributed by atoms with Crippen molar-refractivity contribution in [1.29, 1.82) is 0 Å². The van der Waals surface area contributed by atoms with Crippen molar-refractivity contribution >= 4 is 17.6 Å². The van der Waals surface area contributed by atoms with Crippen molar-refractivity contribution in [2.75, 3.05) is 19.5 Å². The Bertz CT molecular complexity index is 1040. The van der Waals surface area contributed by atoms with E-state index in [1.807, 2.05) is 10.8 Å². The maximum Gasteiger partial charge on any atom is 0.340 e. The second-order valence-corrected chi connectivity index (χ2v) is 9.80. The van der Waals surface area contributed by atoms with Crippen LogP contribution in [0.1, 0.15) is 80.7 Å². The molecule has 1 amide bonds. The van der Waals surface area contributed by atoms with Crippen LogP contribution in [0.2, 0.25) is 0 Å². The molecule has 4 rings (SSSR count). The number of aromatic nitrogens is 2. The first kappa shape index (κ1) is 26.1. The summed E-state index contributed by atoms with van der Waals surface area (Å²) < 4.78 is 26.5. The van der Waals surface area contributed by atoms with E-state index in [1.165, 1.54) is 39.5 Å². The van der Waals surface area contributed by atoms with E-state index in [4.69, 9.17) is 9.47 Å². The Morgan fingerprint density at radius 1 is 1.08 bits per heavy atom. The summed E-state index contributed by atoms with van der Waals surface area (Å²) in [6.45, 7) is 0. The number of halogens is 1. The van der Waals surface area contributed by atoms with Crippen LogP contribution >= 0.6 is 0 Å². The molecule has 2 atom stereocenters. The number of benzene rings is 1. The number of hydrazine groups is 1. The third-order valence-corrected chi connectivity index (χ3v) is 7.56. The Morgan fingerprint density at radius 3 is 2.39 bits per heavy atom. The number of imidazole rings is 1. The monoisotopic (exact) mass is 501 g/mol. The van der Waals surface area contributed by atoms with Gasteiger partial charge in [-0.3, -0.25) is 4.79 Å². The van der Waals surface area contributed by atoms with Crippen LogP contribution in [0, 0.1) is 11.2 Å². The van der Waals surface area contributed by atoms with Crippen LogP contribution in [0.3, 0.4) is 0 Å². The summed E-state index contributed by atoms with van der Waals surface area (Å²) >= 11 is 0. The minimum atomic E-state index is -0.688. The van der Waals surface area contributed by atoms with E-state index in [0.29, 0.717) is 0 Å². The lowest BCUT2D eigenvalue weighted by molar-refractivity contribution is -0.125. The van der Waals surface area contributed by atoms with Crippen molar-refractivity contribution in [1.82, 2.24) is 20.4 Å². The highest BCUT2D eigenvalue weighted by Crippen LogP contribution is 2.45. The van der Waals surface area contributed by atoms with Gasteiger partial charge in [-0.25, -0.2) is 25.0 Å². The second-order valence-electron chi connectivity index (χ2n) is 9.80. The van der Waals surface area contributed by atoms with Crippen molar-refractivity contribution in [3.63, 3.8) is 0 Å². The molecular weight excluding hydrogens is 465 g/mol. The zero-order chi connectivity index (χ0) is 25.5. The molecule has 2 heterocycles. The lowest BCUT2D eigenvalue weighted by atomic mass is 9.67. The SMILES string of the molecule is COC(=O)c1cc(OC)c(F)cc1NC(=O)C1NNC(n2ccnc2)CC12CCCCCCCCC2. The molecule has 1 saturated heterocycles. The lowest BCUT2D eigenvalue weighted by Crippen LogP contribution is -2.63. The fourth-order valence-electron chi connectivity index (χ4n) is 5.62. The standard InChI is InChI=1S/C26H36FN5O4/c1-35-21-14-18(25(34)36-2)20(15-19(21)27)29-24(33)23-26(10-8-6-4-3-5-7-9-11-26)16-22(30-31-23)32-13-12-28-17-32/h12-15,17,22-23,30-31H,3-11,16H2,1-2H3,(H,29,33). The van der Waals surface area contributed by atoms with Crippen molar-refractivity contribution in [3.05, 3.63) is 42.2 Å². The largest absolute Gasteiger partial charge is 0.494 e. The molecule has 2 aromatic rings. The van der Waals surface area contributed by atoms with E-state index in [1.54, 1.807) is 12.5 Å². The first-order valence-electron chi connectivity index (χ1n) is 12.7. The average molecular weight is 502 g/mol. The Morgan fingerprint density at radius 2 is 1.78 bits per heavy atom. The average Bonchev–Trinajstić information content (AvgIpc) is 3.43. The Balaban J connectivity index is 1.64. The van der Waals surface area contributed by atoms with E-state index >= 15 is 0 Å². The van der Waals surface area contributed by atoms with Gasteiger partial charge in [-0.1, -0.05) is 44.9 Å². The van der Waals surface area contributed by atoms with Crippen LogP contribution in [-0.4, -0.2) is 41.7 Å². The highest BCUT2D eigenvalue weighted by atomic mass is 19.1. The number of methoxy groups -OCH3 is 2. The number of nitrogens with one attached hydrogen (secondary N) is 3. The number of ether oxygens (including phenoxy) is 2. The topological polar surface area (TPSA) is 107 Å². The van der Waals surface area contributed by atoms with Crippen LogP contribution in [-0.2, 0) is 9.53 Å². The molecule has 3 N–H and O–H groups in total. The van der Waals surface area contributed by atoms with Gasteiger partial charge in [0, 0.05) is 18.5 Å². The second kappa shape index (κ2) is 11.8. The molecule has 1 saturated carbocycles. The van der Waals surface area contributed by atoms with Crippen LogP contribution in [0.4, 0.5) is 10.1 Å². The molecular formula is C26H36FN5O4. The predicted molar refractivity (Wildman–Crippen MR) is 133 cm³/mol. The molecule has 1 aliphatic carbocycles. The maximum absolute atomic E-state index is 14.6. The third kappa shape index (κ3) is 5.70. The molecule has 196 valence electrons. The first-order valence-corrected chi connectivity index (χ1v) is 12.7. The Kier molecular flexibility index (Phi) is 8.58. The van der Waals surface area contributed by atoms with Gasteiger partial charge in [-0.2, -0.15) is 0 Å². The molecule has 2 fully saturated rings. The van der Waals surface area contributed by atoms with Crippen LogP contribution in [0.5, 0.6) is 5.75 Å². The summed E-state index contributed by atoms with van der Waals surface area (Å²) in [4.78, 5) is 30.4. The van der Waals surface area contributed by atoms with Gasteiger partial charge >= 0.3 is 5.97 Å². The summed E-state index contributed by atoms with van der Waals surface area (Å²) in [5, 5.41) is 2.82. The highest BCUT2D eigenvalue weighted by Gasteiger charge is 2.47. The Hall–Kier alpha value is -2.98. The molecule has 0 bridgehead atoms. The number of nitrogens with zero attached hydrogens (tertiary/aromatic N) is 2. The van der Waals surface area contributed by atoms with E-state index in [0.717, 1.165) is 51.0 Å². The molecule has 1 spiro atoms. The van der Waals surface area contributed by atoms with Crippen molar-refractivity contribution in [2.24, 2.45) is 5.41 Å². The van der Waals surface area contributed by atoms with Crippen LogP contribution in [0.25, 0.3) is 0 Å². The number of rotatable bonds is 5. The number of carbonyl (C=O) groups is 2. The molecule has 36 heavy (non-hydrogen) atoms. The normalized spacial score (nSPS) is 22.5. The molecule has 0 radical (unpaired) electrons. The summed E-state index contributed by atoms with van der Waals surface area (Å²) in [6.07, 6.45) is 15.9. The molecule has 2 unspecified atom stereocenters. The summed E-state index contributed by atoms with van der Waals surface area (Å²) in [7, 11) is 2.55. The van der Waals surface area contributed by atoms with Crippen molar-refractivity contribution < 1.29 is 23.5 Å². The number of carbonyl (C=O) groups excluding carboxylic acids is 2. The predicted octanol–water partition coefficient (Wildman–Crippen LogP) is 4.33. The number of amides is 1. The quantitative estimate of drug-likeness (QED) is 0.524. The summed E-state index contributed by atoms with van der Waals surface area (Å²) in [6, 6.07) is 1.78. The van der Waals surface area contributed by atoms with Gasteiger partial charge in [0.2, 0.25) is 5.91 Å². The van der Waals surface area contributed by atoms with Gasteiger partial charge in [0.25, 0.3) is 0 Å². The van der Waals surface area contributed by atoms with Gasteiger partial charge in [0.15, 0.2) is 11.6 Å². The number of esters is 1. The van der Waals surface area contributed by atoms with Gasteiger partial charge < -0.3 is 19.4 Å². The van der Waals surface area contributed by atoms with Gasteiger partial charge in [0.1, 0.15) is 6.04 Å². The van der Waals surface area contributed by atoms with E-state index < -0.39 is 17.8 Å². The fourth-order valence-corrected chi connectivity index (χ4v) is 5.62. The van der Waals surface area contributed by atoms with Gasteiger partial charge in [-0.15, -0.1) is 0 Å². The fraction of sp³-hybridized carbons (Fsp3) is 0.577. The zero-order valence-corrected chi connectivity index (χ0v) is 21.0. The van der Waals surface area contributed by atoms with Crippen LogP contribution < -0.4 is 20.9 Å². The van der Waals surface area contributed by atoms with Crippen molar-refractivity contribution in [3.8, 4) is 5.75 Å². The third-order valence-electron chi connectivity index (χ3n) is 7.56. The first-order chi connectivity index (χ1) is 17.5.